The lowest BCUT2D eigenvalue weighted by molar-refractivity contribution is -0.384. The van der Waals surface area contributed by atoms with Gasteiger partial charge in [-0.15, -0.1) is 0 Å². The van der Waals surface area contributed by atoms with Crippen LogP contribution >= 0.6 is 0 Å². The van der Waals surface area contributed by atoms with Crippen LogP contribution in [0.2, 0.25) is 0 Å². The van der Waals surface area contributed by atoms with Gasteiger partial charge in [0.25, 0.3) is 5.69 Å². The zero-order valence-electron chi connectivity index (χ0n) is 9.06. The summed E-state index contributed by atoms with van der Waals surface area (Å²) >= 11 is 0. The molecule has 0 heterocycles. The Bertz CT molecular complexity index is 602. The maximum atomic E-state index is 13.0. The van der Waals surface area contributed by atoms with Crippen molar-refractivity contribution in [1.82, 2.24) is 0 Å². The average molecular weight is 250 g/mol. The molecule has 0 spiro atoms. The fraction of sp³-hybridized carbons (Fsp3) is 0. The molecular formula is C12H8F2N2O2. The quantitative estimate of drug-likeness (QED) is 0.668. The highest BCUT2D eigenvalue weighted by Crippen LogP contribution is 2.28. The van der Waals surface area contributed by atoms with E-state index < -0.39 is 22.2 Å². The molecule has 6 heteroatoms. The molecule has 2 aromatic carbocycles. The number of nitrogens with one attached hydrogen (secondary N) is 1. The Morgan fingerprint density at radius 1 is 1.06 bits per heavy atom. The normalized spacial score (nSPS) is 10.1. The molecule has 0 aromatic heterocycles. The van der Waals surface area contributed by atoms with Gasteiger partial charge in [-0.3, -0.25) is 10.1 Å². The highest BCUT2D eigenvalue weighted by atomic mass is 19.1. The van der Waals surface area contributed by atoms with Crippen LogP contribution in [0.4, 0.5) is 25.8 Å². The summed E-state index contributed by atoms with van der Waals surface area (Å²) in [5, 5.41) is 13.4. The van der Waals surface area contributed by atoms with Gasteiger partial charge in [0.1, 0.15) is 17.3 Å². The molecule has 0 amide bonds. The van der Waals surface area contributed by atoms with Crippen molar-refractivity contribution in [3.63, 3.8) is 0 Å². The van der Waals surface area contributed by atoms with Gasteiger partial charge in [-0.25, -0.2) is 8.78 Å². The Morgan fingerprint density at radius 2 is 1.78 bits per heavy atom. The summed E-state index contributed by atoms with van der Waals surface area (Å²) in [6.07, 6.45) is 0. The van der Waals surface area contributed by atoms with Gasteiger partial charge in [0, 0.05) is 5.69 Å². The summed E-state index contributed by atoms with van der Waals surface area (Å²) in [6, 6.07) is 8.59. The SMILES string of the molecule is O=[N+]([O-])c1cc(F)ccc1Nc1cccc(F)c1. The summed E-state index contributed by atoms with van der Waals surface area (Å²) in [5.41, 5.74) is 0.0518. The Hall–Kier alpha value is -2.50. The minimum Gasteiger partial charge on any atom is -0.350 e. The third-order valence-corrected chi connectivity index (χ3v) is 2.26. The van der Waals surface area contributed by atoms with Crippen LogP contribution in [-0.4, -0.2) is 4.92 Å². The van der Waals surface area contributed by atoms with E-state index in [0.29, 0.717) is 5.69 Å². The maximum absolute atomic E-state index is 13.0. The van der Waals surface area contributed by atoms with Gasteiger partial charge in [-0.05, 0) is 30.3 Å². The molecule has 0 atom stereocenters. The van der Waals surface area contributed by atoms with Gasteiger partial charge < -0.3 is 5.32 Å². The first-order chi connectivity index (χ1) is 8.56. The van der Waals surface area contributed by atoms with Gasteiger partial charge in [0.2, 0.25) is 0 Å². The second-order valence-corrected chi connectivity index (χ2v) is 3.55. The van der Waals surface area contributed by atoms with Crippen LogP contribution in [0.3, 0.4) is 0 Å². The first-order valence-electron chi connectivity index (χ1n) is 5.03. The molecule has 1 N–H and O–H groups in total. The molecule has 92 valence electrons. The molecule has 4 nitrogen and oxygen atoms in total. The third kappa shape index (κ3) is 2.60. The van der Waals surface area contributed by atoms with Crippen molar-refractivity contribution >= 4 is 17.1 Å². The molecule has 18 heavy (non-hydrogen) atoms. The highest BCUT2D eigenvalue weighted by Gasteiger charge is 2.14. The monoisotopic (exact) mass is 250 g/mol. The molecule has 2 aromatic rings. The van der Waals surface area contributed by atoms with Crippen LogP contribution in [0.15, 0.2) is 42.5 Å². The standard InChI is InChI=1S/C12H8F2N2O2/c13-8-2-1-3-10(6-8)15-11-5-4-9(14)7-12(11)16(17)18/h1-7,15H. The highest BCUT2D eigenvalue weighted by molar-refractivity contribution is 5.69. The molecule has 0 unspecified atom stereocenters. The van der Waals surface area contributed by atoms with Crippen LogP contribution in [0, 0.1) is 21.7 Å². The van der Waals surface area contributed by atoms with Crippen molar-refractivity contribution in [1.29, 1.82) is 0 Å². The molecule has 0 aliphatic heterocycles. The van der Waals surface area contributed by atoms with Gasteiger partial charge in [-0.1, -0.05) is 6.07 Å². The number of hydrogen-bond acceptors (Lipinski definition) is 3. The Morgan fingerprint density at radius 3 is 2.44 bits per heavy atom. The first-order valence-corrected chi connectivity index (χ1v) is 5.03. The van der Waals surface area contributed by atoms with Crippen LogP contribution < -0.4 is 5.32 Å². The van der Waals surface area contributed by atoms with Crippen LogP contribution in [0.1, 0.15) is 0 Å². The van der Waals surface area contributed by atoms with E-state index >= 15 is 0 Å². The minimum absolute atomic E-state index is 0.104. The van der Waals surface area contributed by atoms with E-state index in [1.165, 1.54) is 24.3 Å². The Kier molecular flexibility index (Phi) is 3.18. The largest absolute Gasteiger partial charge is 0.350 e. The Labute approximate surface area is 101 Å². The number of nitro benzene ring substituents is 1. The fourth-order valence-electron chi connectivity index (χ4n) is 1.48. The van der Waals surface area contributed by atoms with Crippen molar-refractivity contribution in [3.8, 4) is 0 Å². The number of benzene rings is 2. The van der Waals surface area contributed by atoms with Crippen molar-refractivity contribution in [2.24, 2.45) is 0 Å². The molecule has 0 aliphatic carbocycles. The molecule has 2 rings (SSSR count). The number of hydrogen-bond donors (Lipinski definition) is 1. The number of rotatable bonds is 3. The zero-order chi connectivity index (χ0) is 13.1. The molecule has 0 fully saturated rings. The topological polar surface area (TPSA) is 55.2 Å². The van der Waals surface area contributed by atoms with Crippen LogP contribution in [0.25, 0.3) is 0 Å². The average Bonchev–Trinajstić information content (AvgIpc) is 2.31. The lowest BCUT2D eigenvalue weighted by Gasteiger charge is -2.07. The van der Waals surface area contributed by atoms with Crippen LogP contribution in [0.5, 0.6) is 0 Å². The lowest BCUT2D eigenvalue weighted by Crippen LogP contribution is -1.98. The van der Waals surface area contributed by atoms with E-state index in [1.54, 1.807) is 6.07 Å². The van der Waals surface area contributed by atoms with E-state index in [1.807, 2.05) is 0 Å². The number of nitro groups is 1. The summed E-state index contributed by atoms with van der Waals surface area (Å²) in [7, 11) is 0. The third-order valence-electron chi connectivity index (χ3n) is 2.26. The summed E-state index contributed by atoms with van der Waals surface area (Å²) < 4.78 is 25.9. The summed E-state index contributed by atoms with van der Waals surface area (Å²) in [4.78, 5) is 10.1. The molecule has 0 saturated heterocycles. The molecule has 0 radical (unpaired) electrons. The first kappa shape index (κ1) is 12.0. The molecular weight excluding hydrogens is 242 g/mol. The Balaban J connectivity index is 2.37. The van der Waals surface area contributed by atoms with E-state index in [-0.39, 0.29) is 5.69 Å². The molecule has 0 saturated carbocycles. The fourth-order valence-corrected chi connectivity index (χ4v) is 1.48. The number of anilines is 2. The van der Waals surface area contributed by atoms with Gasteiger partial charge in [0.05, 0.1) is 11.0 Å². The van der Waals surface area contributed by atoms with E-state index in [9.17, 15) is 18.9 Å². The van der Waals surface area contributed by atoms with E-state index in [0.717, 1.165) is 12.1 Å². The van der Waals surface area contributed by atoms with Crippen molar-refractivity contribution in [3.05, 3.63) is 64.2 Å². The van der Waals surface area contributed by atoms with E-state index in [4.69, 9.17) is 0 Å². The lowest BCUT2D eigenvalue weighted by atomic mass is 10.2. The maximum Gasteiger partial charge on any atom is 0.295 e. The van der Waals surface area contributed by atoms with E-state index in [2.05, 4.69) is 5.32 Å². The second-order valence-electron chi connectivity index (χ2n) is 3.55. The van der Waals surface area contributed by atoms with Crippen molar-refractivity contribution in [2.75, 3.05) is 5.32 Å². The predicted molar refractivity (Wildman–Crippen MR) is 62.7 cm³/mol. The minimum atomic E-state index is -0.704. The molecule has 0 bridgehead atoms. The van der Waals surface area contributed by atoms with Gasteiger partial charge in [0.15, 0.2) is 0 Å². The predicted octanol–water partition coefficient (Wildman–Crippen LogP) is 3.62. The number of halogens is 2. The number of nitrogens with zero attached hydrogens (tertiary/aromatic N) is 1. The summed E-state index contributed by atoms with van der Waals surface area (Å²) in [5.74, 6) is -1.17. The zero-order valence-corrected chi connectivity index (χ0v) is 9.06. The van der Waals surface area contributed by atoms with Crippen molar-refractivity contribution in [2.45, 2.75) is 0 Å². The molecule has 0 aliphatic rings. The smallest absolute Gasteiger partial charge is 0.295 e. The van der Waals surface area contributed by atoms with Crippen LogP contribution in [-0.2, 0) is 0 Å². The second kappa shape index (κ2) is 4.79. The van der Waals surface area contributed by atoms with Gasteiger partial charge >= 0.3 is 0 Å². The summed E-state index contributed by atoms with van der Waals surface area (Å²) in [6.45, 7) is 0. The van der Waals surface area contributed by atoms with Gasteiger partial charge in [-0.2, -0.15) is 0 Å². The van der Waals surface area contributed by atoms with Crippen molar-refractivity contribution < 1.29 is 13.7 Å².